The van der Waals surface area contributed by atoms with E-state index in [0.29, 0.717) is 6.08 Å². The number of ether oxygens (including phenoxy) is 2. The molecule has 2 aliphatic heterocycles. The predicted octanol–water partition coefficient (Wildman–Crippen LogP) is 3.74. The van der Waals surface area contributed by atoms with Crippen LogP contribution in [-0.2, 0) is 18.8 Å². The average Bonchev–Trinajstić information content (AvgIpc) is 2.61. The zero-order valence-corrected chi connectivity index (χ0v) is 17.5. The Morgan fingerprint density at radius 3 is 2.21 bits per heavy atom. The van der Waals surface area contributed by atoms with Crippen LogP contribution in [0.4, 0.5) is 18.0 Å². The van der Waals surface area contributed by atoms with E-state index >= 15 is 0 Å². The predicted molar refractivity (Wildman–Crippen MR) is 97.8 cm³/mol. The van der Waals surface area contributed by atoms with Gasteiger partial charge in [-0.25, -0.2) is 18.0 Å². The highest BCUT2D eigenvalue weighted by Gasteiger charge is 2.54. The molecule has 6 nitrogen and oxygen atoms in total. The van der Waals surface area contributed by atoms with E-state index in [0.717, 1.165) is 4.90 Å². The fraction of sp³-hybridized carbons (Fsp3) is 0.833. The van der Waals surface area contributed by atoms with Crippen LogP contribution in [0.1, 0.15) is 48.5 Å². The van der Waals surface area contributed by atoms with E-state index in [1.54, 1.807) is 48.5 Å². The molecule has 2 fully saturated rings. The standard InChI is InChI=1S/C18H29BF3NO5/c1-15(2,3)26-14(24)23-8-9-25-12(18(21,22)11-23)10-13(20)19-27-16(4,5)17(6,7)28-19/h10,12H,8-9,11H2,1-7H3. The first-order valence-corrected chi connectivity index (χ1v) is 9.24. The fourth-order valence-corrected chi connectivity index (χ4v) is 2.67. The van der Waals surface area contributed by atoms with Crippen molar-refractivity contribution >= 4 is 13.2 Å². The smallest absolute Gasteiger partial charge is 0.444 e. The summed E-state index contributed by atoms with van der Waals surface area (Å²) in [6.45, 7) is 10.6. The van der Waals surface area contributed by atoms with Crippen molar-refractivity contribution in [2.45, 2.75) is 77.3 Å². The second-order valence-electron chi connectivity index (χ2n) is 9.09. The van der Waals surface area contributed by atoms with E-state index in [2.05, 4.69) is 0 Å². The molecule has 0 aliphatic carbocycles. The maximum Gasteiger partial charge on any atom is 0.524 e. The second-order valence-corrected chi connectivity index (χ2v) is 9.09. The molecule has 0 aromatic carbocycles. The Balaban J connectivity index is 2.12. The fourth-order valence-electron chi connectivity index (χ4n) is 2.67. The summed E-state index contributed by atoms with van der Waals surface area (Å²) in [4.78, 5) is 13.0. The largest absolute Gasteiger partial charge is 0.524 e. The molecule has 2 aliphatic rings. The molecule has 1 amide bonds. The summed E-state index contributed by atoms with van der Waals surface area (Å²) >= 11 is 0. The van der Waals surface area contributed by atoms with Crippen molar-refractivity contribution in [3.8, 4) is 0 Å². The molecular formula is C18H29BF3NO5. The molecule has 28 heavy (non-hydrogen) atoms. The number of amides is 1. The molecule has 2 saturated heterocycles. The van der Waals surface area contributed by atoms with Gasteiger partial charge in [0.2, 0.25) is 0 Å². The lowest BCUT2D eigenvalue weighted by molar-refractivity contribution is -0.105. The highest BCUT2D eigenvalue weighted by molar-refractivity contribution is 6.53. The maximum atomic E-state index is 14.7. The molecule has 0 spiro atoms. The molecule has 2 rings (SSSR count). The summed E-state index contributed by atoms with van der Waals surface area (Å²) in [5.41, 5.74) is -3.41. The van der Waals surface area contributed by atoms with E-state index < -0.39 is 54.3 Å². The van der Waals surface area contributed by atoms with Crippen LogP contribution in [0.5, 0.6) is 0 Å². The maximum absolute atomic E-state index is 14.7. The Morgan fingerprint density at radius 1 is 1.18 bits per heavy atom. The van der Waals surface area contributed by atoms with Crippen LogP contribution in [0, 0.1) is 0 Å². The molecule has 0 bridgehead atoms. The summed E-state index contributed by atoms with van der Waals surface area (Å²) in [5, 5.41) is 0. The highest BCUT2D eigenvalue weighted by atomic mass is 19.3. The SMILES string of the molecule is CC(C)(C)OC(=O)N1CCOC(C=C(F)B2OC(C)(C)C(C)(C)O2)C(F)(F)C1. The van der Waals surface area contributed by atoms with E-state index in [4.69, 9.17) is 18.8 Å². The molecule has 0 aromatic heterocycles. The van der Waals surface area contributed by atoms with E-state index in [-0.39, 0.29) is 13.2 Å². The molecular weight excluding hydrogens is 378 g/mol. The number of alkyl halides is 2. The molecule has 1 atom stereocenters. The van der Waals surface area contributed by atoms with Crippen molar-refractivity contribution in [1.29, 1.82) is 0 Å². The van der Waals surface area contributed by atoms with Gasteiger partial charge < -0.3 is 18.8 Å². The molecule has 0 saturated carbocycles. The minimum atomic E-state index is -3.52. The van der Waals surface area contributed by atoms with Crippen molar-refractivity contribution in [3.63, 3.8) is 0 Å². The van der Waals surface area contributed by atoms with Gasteiger partial charge in [-0.1, -0.05) is 0 Å². The summed E-state index contributed by atoms with van der Waals surface area (Å²) < 4.78 is 65.3. The lowest BCUT2D eigenvalue weighted by atomic mass is 9.86. The number of carbonyl (C=O) groups is 1. The van der Waals surface area contributed by atoms with Crippen LogP contribution in [0.3, 0.4) is 0 Å². The van der Waals surface area contributed by atoms with Gasteiger partial charge in [0.05, 0.1) is 24.4 Å². The minimum Gasteiger partial charge on any atom is -0.444 e. The topological polar surface area (TPSA) is 57.2 Å². The van der Waals surface area contributed by atoms with Crippen molar-refractivity contribution < 1.29 is 36.7 Å². The van der Waals surface area contributed by atoms with Crippen LogP contribution in [0.15, 0.2) is 11.8 Å². The van der Waals surface area contributed by atoms with Gasteiger partial charge in [0.1, 0.15) is 17.4 Å². The Kier molecular flexibility index (Phi) is 6.20. The van der Waals surface area contributed by atoms with Crippen LogP contribution >= 0.6 is 0 Å². The quantitative estimate of drug-likeness (QED) is 0.653. The van der Waals surface area contributed by atoms with Gasteiger partial charge in [0.25, 0.3) is 5.92 Å². The van der Waals surface area contributed by atoms with Gasteiger partial charge >= 0.3 is 13.2 Å². The average molecular weight is 407 g/mol. The van der Waals surface area contributed by atoms with Crippen LogP contribution in [0.2, 0.25) is 0 Å². The molecule has 0 aromatic rings. The number of halogens is 3. The Bertz CT molecular complexity index is 617. The molecule has 1 unspecified atom stereocenters. The lowest BCUT2D eigenvalue weighted by Crippen LogP contribution is -2.46. The molecule has 160 valence electrons. The first-order chi connectivity index (χ1) is 12.5. The lowest BCUT2D eigenvalue weighted by Gasteiger charge is -2.32. The van der Waals surface area contributed by atoms with Crippen molar-refractivity contribution in [2.24, 2.45) is 0 Å². The van der Waals surface area contributed by atoms with Crippen LogP contribution in [-0.4, -0.2) is 66.6 Å². The van der Waals surface area contributed by atoms with Crippen molar-refractivity contribution in [3.05, 3.63) is 11.8 Å². The van der Waals surface area contributed by atoms with E-state index in [1.165, 1.54) is 0 Å². The third kappa shape index (κ3) is 5.21. The summed E-state index contributed by atoms with van der Waals surface area (Å²) in [5.74, 6) is -3.52. The third-order valence-electron chi connectivity index (χ3n) is 4.92. The molecule has 0 N–H and O–H groups in total. The third-order valence-corrected chi connectivity index (χ3v) is 4.92. The van der Waals surface area contributed by atoms with Crippen LogP contribution in [0.25, 0.3) is 0 Å². The summed E-state index contributed by atoms with van der Waals surface area (Å²) in [6, 6.07) is 0. The zero-order valence-electron chi connectivity index (χ0n) is 17.5. The monoisotopic (exact) mass is 407 g/mol. The van der Waals surface area contributed by atoms with E-state index in [1.807, 2.05) is 0 Å². The normalized spacial score (nSPS) is 27.5. The van der Waals surface area contributed by atoms with Crippen LogP contribution < -0.4 is 0 Å². The van der Waals surface area contributed by atoms with Gasteiger partial charge in [-0.15, -0.1) is 0 Å². The highest BCUT2D eigenvalue weighted by Crippen LogP contribution is 2.39. The Hall–Kier alpha value is -1.26. The zero-order chi connectivity index (χ0) is 21.5. The minimum absolute atomic E-state index is 0.0903. The van der Waals surface area contributed by atoms with Crippen molar-refractivity contribution in [2.75, 3.05) is 19.7 Å². The Labute approximate surface area is 164 Å². The number of nitrogens with zero attached hydrogens (tertiary/aromatic N) is 1. The number of rotatable bonds is 2. The van der Waals surface area contributed by atoms with Gasteiger partial charge in [-0.2, -0.15) is 0 Å². The van der Waals surface area contributed by atoms with E-state index in [9.17, 15) is 18.0 Å². The van der Waals surface area contributed by atoms with Gasteiger partial charge in [0, 0.05) is 6.54 Å². The van der Waals surface area contributed by atoms with Gasteiger partial charge in [-0.3, -0.25) is 4.90 Å². The number of hydrogen-bond acceptors (Lipinski definition) is 5. The number of carbonyl (C=O) groups excluding carboxylic acids is 1. The summed E-state index contributed by atoms with van der Waals surface area (Å²) in [7, 11) is -1.39. The molecule has 10 heteroatoms. The first kappa shape index (κ1) is 23.0. The number of hydrogen-bond donors (Lipinski definition) is 0. The van der Waals surface area contributed by atoms with Gasteiger partial charge in [0.15, 0.2) is 0 Å². The first-order valence-electron chi connectivity index (χ1n) is 9.24. The Morgan fingerprint density at radius 2 is 1.71 bits per heavy atom. The molecule has 2 heterocycles. The summed E-state index contributed by atoms with van der Waals surface area (Å²) in [6.07, 6.45) is -2.06. The molecule has 0 radical (unpaired) electrons. The van der Waals surface area contributed by atoms with Gasteiger partial charge in [-0.05, 0) is 54.5 Å². The van der Waals surface area contributed by atoms with Crippen molar-refractivity contribution in [1.82, 2.24) is 4.90 Å². The second kappa shape index (κ2) is 7.53.